The lowest BCUT2D eigenvalue weighted by atomic mass is 10.1. The second-order valence-electron chi connectivity index (χ2n) is 7.81. The van der Waals surface area contributed by atoms with Crippen molar-refractivity contribution in [2.45, 2.75) is 6.42 Å². The number of hydrogen-bond acceptors (Lipinski definition) is 6. The molecule has 3 N–H and O–H groups in total. The van der Waals surface area contributed by atoms with Gasteiger partial charge >= 0.3 is 0 Å². The highest BCUT2D eigenvalue weighted by Gasteiger charge is 2.19. The van der Waals surface area contributed by atoms with Crippen LogP contribution in [0, 0.1) is 0 Å². The van der Waals surface area contributed by atoms with Crippen molar-refractivity contribution in [1.82, 2.24) is 9.88 Å². The quantitative estimate of drug-likeness (QED) is 0.417. The van der Waals surface area contributed by atoms with Gasteiger partial charge in [-0.05, 0) is 48.9 Å². The molecule has 0 saturated carbocycles. The second-order valence-corrected chi connectivity index (χ2v) is 8.68. The molecule has 8 nitrogen and oxygen atoms in total. The van der Waals surface area contributed by atoms with E-state index in [-0.39, 0.29) is 18.1 Å². The first-order chi connectivity index (χ1) is 16.9. The number of carbonyl (C=O) groups is 2. The van der Waals surface area contributed by atoms with Crippen molar-refractivity contribution < 1.29 is 14.7 Å². The highest BCUT2D eigenvalue weighted by Crippen LogP contribution is 2.23. The average molecular weight is 512 g/mol. The summed E-state index contributed by atoms with van der Waals surface area (Å²) in [5, 5.41) is 15.4. The molecule has 0 aliphatic carbocycles. The van der Waals surface area contributed by atoms with Crippen molar-refractivity contribution in [2.75, 3.05) is 36.9 Å². The van der Waals surface area contributed by atoms with Crippen LogP contribution < -0.4 is 10.6 Å². The number of amides is 2. The predicted molar refractivity (Wildman–Crippen MR) is 138 cm³/mol. The fourth-order valence-corrected chi connectivity index (χ4v) is 3.93. The zero-order valence-electron chi connectivity index (χ0n) is 18.7. The fourth-order valence-electron chi connectivity index (χ4n) is 3.65. The molecule has 10 heteroatoms. The maximum atomic E-state index is 12.9. The molecule has 0 spiro atoms. The molecule has 0 unspecified atom stereocenters. The number of hydrogen-bond donors (Lipinski definition) is 3. The molecule has 1 aliphatic heterocycles. The Morgan fingerprint density at radius 2 is 1.74 bits per heavy atom. The average Bonchev–Trinajstić information content (AvgIpc) is 3.34. The Bertz CT molecular complexity index is 1250. The summed E-state index contributed by atoms with van der Waals surface area (Å²) in [7, 11) is 0. The molecule has 2 amide bonds. The van der Waals surface area contributed by atoms with E-state index in [1.807, 2.05) is 12.1 Å². The van der Waals surface area contributed by atoms with Crippen LogP contribution >= 0.6 is 23.2 Å². The van der Waals surface area contributed by atoms with Gasteiger partial charge in [0, 0.05) is 42.0 Å². The van der Waals surface area contributed by atoms with Crippen molar-refractivity contribution in [3.05, 3.63) is 87.5 Å². The summed E-state index contributed by atoms with van der Waals surface area (Å²) in [5.41, 5.74) is 1.83. The molecule has 1 aliphatic rings. The topological polar surface area (TPSA) is 107 Å². The minimum atomic E-state index is -0.477. The van der Waals surface area contributed by atoms with Crippen LogP contribution in [0.3, 0.4) is 0 Å². The molecule has 2 aromatic carbocycles. The third kappa shape index (κ3) is 6.16. The molecular formula is C25H23Cl2N5O3. The maximum absolute atomic E-state index is 12.9. The van der Waals surface area contributed by atoms with E-state index in [9.17, 15) is 9.59 Å². The lowest BCUT2D eigenvalue weighted by Gasteiger charge is -2.20. The lowest BCUT2D eigenvalue weighted by Crippen LogP contribution is -2.30. The summed E-state index contributed by atoms with van der Waals surface area (Å²) in [4.78, 5) is 36.5. The maximum Gasteiger partial charge on any atom is 0.258 e. The van der Waals surface area contributed by atoms with Crippen LogP contribution in [0.2, 0.25) is 10.0 Å². The minimum Gasteiger partial charge on any atom is -0.396 e. The third-order valence-electron chi connectivity index (χ3n) is 5.37. The number of pyridine rings is 1. The van der Waals surface area contributed by atoms with Crippen LogP contribution in [-0.2, 0) is 0 Å². The van der Waals surface area contributed by atoms with Crippen LogP contribution in [0.25, 0.3) is 0 Å². The van der Waals surface area contributed by atoms with Crippen molar-refractivity contribution in [1.29, 1.82) is 0 Å². The van der Waals surface area contributed by atoms with Crippen molar-refractivity contribution >= 4 is 52.4 Å². The Morgan fingerprint density at radius 1 is 0.971 bits per heavy atom. The highest BCUT2D eigenvalue weighted by atomic mass is 35.5. The standard InChI is InChI=1S/C25H23Cl2N5O3/c26-18-6-8-21(20(14-18)25(35)31-22-9-7-19(27)15-29-22)30-24(34)17-4-2-16(3-5-17)23-28-10-12-32(23)11-1-13-33/h2-9,14-15,33H,1,10-13H2,(H,30,34)(H,29,31,35). The zero-order chi connectivity index (χ0) is 24.8. The predicted octanol–water partition coefficient (Wildman–Crippen LogP) is 4.34. The van der Waals surface area contributed by atoms with Gasteiger partial charge in [-0.15, -0.1) is 0 Å². The van der Waals surface area contributed by atoms with E-state index < -0.39 is 5.91 Å². The van der Waals surface area contributed by atoms with E-state index in [2.05, 4.69) is 25.5 Å². The van der Waals surface area contributed by atoms with E-state index in [1.54, 1.807) is 36.4 Å². The number of aliphatic imine (C=N–C) groups is 1. The van der Waals surface area contributed by atoms with Crippen LogP contribution in [0.1, 0.15) is 32.7 Å². The van der Waals surface area contributed by atoms with Gasteiger partial charge in [0.2, 0.25) is 0 Å². The summed E-state index contributed by atoms with van der Waals surface area (Å²) in [5.74, 6) is 0.325. The van der Waals surface area contributed by atoms with Crippen LogP contribution in [0.15, 0.2) is 65.8 Å². The number of anilines is 2. The molecule has 2 heterocycles. The van der Waals surface area contributed by atoms with Gasteiger partial charge < -0.3 is 20.6 Å². The van der Waals surface area contributed by atoms with Gasteiger partial charge in [-0.2, -0.15) is 0 Å². The largest absolute Gasteiger partial charge is 0.396 e. The summed E-state index contributed by atoms with van der Waals surface area (Å²) >= 11 is 11.9. The van der Waals surface area contributed by atoms with Gasteiger partial charge in [0.25, 0.3) is 11.8 Å². The molecule has 0 fully saturated rings. The number of nitrogens with one attached hydrogen (secondary N) is 2. The number of amidine groups is 1. The molecule has 0 atom stereocenters. The number of halogens is 2. The van der Waals surface area contributed by atoms with Crippen LogP contribution in [0.4, 0.5) is 11.5 Å². The number of benzene rings is 2. The first-order valence-corrected chi connectivity index (χ1v) is 11.7. The number of carbonyl (C=O) groups excluding carboxylic acids is 2. The van der Waals surface area contributed by atoms with Crippen molar-refractivity contribution in [3.8, 4) is 0 Å². The number of aliphatic hydroxyl groups is 1. The number of rotatable bonds is 8. The van der Waals surface area contributed by atoms with Gasteiger partial charge in [0.05, 0.1) is 22.8 Å². The van der Waals surface area contributed by atoms with Crippen molar-refractivity contribution in [3.63, 3.8) is 0 Å². The SMILES string of the molecule is O=C(Nc1ccc(Cl)cc1C(=O)Nc1ccc(Cl)cn1)c1ccc(C2=NCCN2CCCO)cc1. The van der Waals surface area contributed by atoms with E-state index in [1.165, 1.54) is 12.3 Å². The van der Waals surface area contributed by atoms with Gasteiger partial charge in [0.1, 0.15) is 11.7 Å². The third-order valence-corrected chi connectivity index (χ3v) is 5.82. The van der Waals surface area contributed by atoms with E-state index in [4.69, 9.17) is 28.3 Å². The Balaban J connectivity index is 1.48. The number of aromatic nitrogens is 1. The fraction of sp³-hybridized carbons (Fsp3) is 0.200. The normalized spacial score (nSPS) is 12.9. The first-order valence-electron chi connectivity index (χ1n) is 11.0. The van der Waals surface area contributed by atoms with E-state index in [0.717, 1.165) is 24.5 Å². The summed E-state index contributed by atoms with van der Waals surface area (Å²) in [6.45, 7) is 2.37. The minimum absolute atomic E-state index is 0.129. The Morgan fingerprint density at radius 3 is 2.46 bits per heavy atom. The first kappa shape index (κ1) is 24.7. The second kappa shape index (κ2) is 11.3. The van der Waals surface area contributed by atoms with Gasteiger partial charge in [-0.3, -0.25) is 14.6 Å². The smallest absolute Gasteiger partial charge is 0.258 e. The van der Waals surface area contributed by atoms with Gasteiger partial charge in [-0.1, -0.05) is 35.3 Å². The van der Waals surface area contributed by atoms with Crippen molar-refractivity contribution in [2.24, 2.45) is 4.99 Å². The molecule has 3 aromatic rings. The van der Waals surface area contributed by atoms with E-state index in [0.29, 0.717) is 40.1 Å². The summed E-state index contributed by atoms with van der Waals surface area (Å²) in [6.07, 6.45) is 2.09. The highest BCUT2D eigenvalue weighted by molar-refractivity contribution is 6.31. The Hall–Kier alpha value is -3.46. The van der Waals surface area contributed by atoms with Crippen LogP contribution in [0.5, 0.6) is 0 Å². The summed E-state index contributed by atoms with van der Waals surface area (Å²) < 4.78 is 0. The zero-order valence-corrected chi connectivity index (χ0v) is 20.2. The number of nitrogens with zero attached hydrogens (tertiary/aromatic N) is 3. The van der Waals surface area contributed by atoms with Gasteiger partial charge in [-0.25, -0.2) is 4.98 Å². The molecule has 35 heavy (non-hydrogen) atoms. The monoisotopic (exact) mass is 511 g/mol. The Kier molecular flexibility index (Phi) is 7.97. The number of aliphatic hydroxyl groups excluding tert-OH is 1. The van der Waals surface area contributed by atoms with Gasteiger partial charge in [0.15, 0.2) is 0 Å². The van der Waals surface area contributed by atoms with E-state index >= 15 is 0 Å². The Labute approximate surface area is 212 Å². The molecule has 0 saturated heterocycles. The summed E-state index contributed by atoms with van der Waals surface area (Å²) in [6, 6.07) is 14.9. The van der Waals surface area contributed by atoms with Crippen LogP contribution in [-0.4, -0.2) is 58.9 Å². The lowest BCUT2D eigenvalue weighted by molar-refractivity contribution is 0.102. The molecule has 4 rings (SSSR count). The molecule has 180 valence electrons. The molecular weight excluding hydrogens is 489 g/mol. The molecule has 0 radical (unpaired) electrons. The molecule has 1 aromatic heterocycles. The molecule has 0 bridgehead atoms.